The smallest absolute Gasteiger partial charge is 0.163 e. The van der Waals surface area contributed by atoms with Crippen molar-refractivity contribution in [3.63, 3.8) is 0 Å². The van der Waals surface area contributed by atoms with Crippen LogP contribution in [0.25, 0.3) is 0 Å². The Kier molecular flexibility index (Phi) is 6.76. The minimum absolute atomic E-state index is 0.00684. The van der Waals surface area contributed by atoms with E-state index in [1.165, 1.54) is 12.1 Å². The lowest BCUT2D eigenvalue weighted by Crippen LogP contribution is -2.37. The molecule has 0 amide bonds. The van der Waals surface area contributed by atoms with Gasteiger partial charge in [0.15, 0.2) is 11.6 Å². The highest BCUT2D eigenvalue weighted by Crippen LogP contribution is 2.55. The molecule has 2 aliphatic carbocycles. The molecule has 2 aromatic carbocycles. The summed E-state index contributed by atoms with van der Waals surface area (Å²) < 4.78 is 28.0. The predicted octanol–water partition coefficient (Wildman–Crippen LogP) is 8.33. The molecule has 3 aliphatic rings. The van der Waals surface area contributed by atoms with Crippen molar-refractivity contribution in [3.8, 4) is 5.75 Å². The van der Waals surface area contributed by atoms with E-state index in [9.17, 15) is 14.0 Å². The zero-order valence-corrected chi connectivity index (χ0v) is 24.5. The molecule has 0 radical (unpaired) electrons. The highest BCUT2D eigenvalue weighted by molar-refractivity contribution is 9.11. The van der Waals surface area contributed by atoms with Crippen LogP contribution in [0.3, 0.4) is 0 Å². The fraction of sp³-hybridized carbons (Fsp3) is 0.400. The quantitative estimate of drug-likeness (QED) is 0.340. The Morgan fingerprint density at radius 2 is 1.51 bits per heavy atom. The lowest BCUT2D eigenvalue weighted by Gasteiger charge is -2.43. The number of rotatable bonds is 4. The topological polar surface area (TPSA) is 52.6 Å². The summed E-state index contributed by atoms with van der Waals surface area (Å²) in [5, 5.41) is 0. The van der Waals surface area contributed by atoms with Gasteiger partial charge < -0.3 is 9.47 Å². The first-order valence-electron chi connectivity index (χ1n) is 12.4. The summed E-state index contributed by atoms with van der Waals surface area (Å²) in [5.74, 6) is 0.886. The van der Waals surface area contributed by atoms with Crippen LogP contribution in [0.15, 0.2) is 68.0 Å². The lowest BCUT2D eigenvalue weighted by molar-refractivity contribution is -0.120. The van der Waals surface area contributed by atoms with Crippen molar-refractivity contribution in [2.45, 2.75) is 65.9 Å². The molecule has 0 saturated carbocycles. The molecule has 1 heterocycles. The maximum atomic E-state index is 13.8. The number of ether oxygens (including phenoxy) is 2. The summed E-state index contributed by atoms with van der Waals surface area (Å²) in [5.41, 5.74) is 2.02. The normalized spacial score (nSPS) is 20.9. The second-order valence-corrected chi connectivity index (χ2v) is 13.6. The van der Waals surface area contributed by atoms with Crippen molar-refractivity contribution in [1.82, 2.24) is 0 Å². The summed E-state index contributed by atoms with van der Waals surface area (Å²) in [6, 6.07) is 10.0. The average molecular weight is 632 g/mol. The zero-order valence-electron chi connectivity index (χ0n) is 21.3. The van der Waals surface area contributed by atoms with Gasteiger partial charge in [0.1, 0.15) is 29.7 Å². The summed E-state index contributed by atoms with van der Waals surface area (Å²) >= 11 is 7.23. The molecule has 0 bridgehead atoms. The third-order valence-corrected chi connectivity index (χ3v) is 8.25. The molecule has 194 valence electrons. The highest BCUT2D eigenvalue weighted by Gasteiger charge is 2.48. The number of allylic oxidation sites excluding steroid dienone is 4. The van der Waals surface area contributed by atoms with Gasteiger partial charge >= 0.3 is 0 Å². The Morgan fingerprint density at radius 3 is 2.08 bits per heavy atom. The molecule has 2 aromatic rings. The Hall–Kier alpha value is -2.25. The Balaban J connectivity index is 1.68. The maximum absolute atomic E-state index is 13.8. The van der Waals surface area contributed by atoms with Crippen molar-refractivity contribution in [2.24, 2.45) is 10.8 Å². The van der Waals surface area contributed by atoms with E-state index in [4.69, 9.17) is 9.47 Å². The number of carbonyl (C=O) groups is 2. The number of hydrogen-bond donors (Lipinski definition) is 0. The third kappa shape index (κ3) is 5.22. The number of hydrogen-bond acceptors (Lipinski definition) is 4. The fourth-order valence-corrected chi connectivity index (χ4v) is 7.09. The second-order valence-electron chi connectivity index (χ2n) is 11.8. The van der Waals surface area contributed by atoms with Crippen LogP contribution in [0.2, 0.25) is 0 Å². The zero-order chi connectivity index (χ0) is 26.7. The molecule has 0 aromatic heterocycles. The first-order valence-corrected chi connectivity index (χ1v) is 14.0. The average Bonchev–Trinajstić information content (AvgIpc) is 2.75. The number of halogens is 3. The fourth-order valence-electron chi connectivity index (χ4n) is 5.71. The van der Waals surface area contributed by atoms with Gasteiger partial charge in [0.25, 0.3) is 0 Å². The van der Waals surface area contributed by atoms with Gasteiger partial charge in [-0.15, -0.1) is 0 Å². The van der Waals surface area contributed by atoms with Crippen molar-refractivity contribution in [1.29, 1.82) is 0 Å². The number of ketones is 2. The van der Waals surface area contributed by atoms with Crippen molar-refractivity contribution in [2.75, 3.05) is 0 Å². The standard InChI is InChI=1S/C30H29Br2FO4/c1-29(2)11-21(34)26-23(13-29)37-24-14-30(3,4)12-22(35)27(24)25(26)19-9-17(31)10-20(32)28(19)36-15-16-6-5-7-18(33)8-16/h5-10,25H,11-15H2,1-4H3. The minimum atomic E-state index is -0.595. The lowest BCUT2D eigenvalue weighted by atomic mass is 9.65. The van der Waals surface area contributed by atoms with Crippen LogP contribution in [0.5, 0.6) is 5.75 Å². The van der Waals surface area contributed by atoms with Gasteiger partial charge in [-0.1, -0.05) is 55.8 Å². The summed E-state index contributed by atoms with van der Waals surface area (Å²) in [6.45, 7) is 8.40. The molecule has 37 heavy (non-hydrogen) atoms. The molecule has 0 N–H and O–H groups in total. The van der Waals surface area contributed by atoms with E-state index in [1.54, 1.807) is 12.1 Å². The van der Waals surface area contributed by atoms with Crippen LogP contribution < -0.4 is 4.74 Å². The molecule has 0 unspecified atom stereocenters. The molecule has 7 heteroatoms. The first-order chi connectivity index (χ1) is 17.3. The Bertz CT molecular complexity index is 1330. The molecule has 0 saturated heterocycles. The van der Waals surface area contributed by atoms with Gasteiger partial charge in [-0.05, 0) is 56.6 Å². The molecule has 0 atom stereocenters. The first kappa shape index (κ1) is 26.4. The van der Waals surface area contributed by atoms with Crippen molar-refractivity contribution >= 4 is 43.4 Å². The van der Waals surface area contributed by atoms with E-state index in [0.717, 1.165) is 4.47 Å². The van der Waals surface area contributed by atoms with E-state index < -0.39 is 5.92 Å². The number of benzene rings is 2. The Labute approximate surface area is 233 Å². The van der Waals surface area contributed by atoms with E-state index in [0.29, 0.717) is 69.7 Å². The van der Waals surface area contributed by atoms with Crippen molar-refractivity contribution < 1.29 is 23.5 Å². The van der Waals surface area contributed by atoms with Crippen LogP contribution in [0.4, 0.5) is 4.39 Å². The molecule has 5 rings (SSSR count). The van der Waals surface area contributed by atoms with Gasteiger partial charge in [-0.3, -0.25) is 9.59 Å². The van der Waals surface area contributed by atoms with Crippen LogP contribution in [-0.2, 0) is 20.9 Å². The SMILES string of the molecule is CC1(C)CC(=O)C2=C(C1)OC1=C(C(=O)CC(C)(C)C1)C2c1cc(Br)cc(Br)c1OCc1cccc(F)c1. The number of Topliss-reactive ketones (excluding diaryl/α,β-unsaturated/α-hetero) is 2. The van der Waals surface area contributed by atoms with Gasteiger partial charge in [-0.2, -0.15) is 0 Å². The van der Waals surface area contributed by atoms with E-state index in [-0.39, 0.29) is 34.8 Å². The third-order valence-electron chi connectivity index (χ3n) is 7.20. The largest absolute Gasteiger partial charge is 0.487 e. The van der Waals surface area contributed by atoms with E-state index >= 15 is 0 Å². The highest BCUT2D eigenvalue weighted by atomic mass is 79.9. The predicted molar refractivity (Wildman–Crippen MR) is 146 cm³/mol. The maximum Gasteiger partial charge on any atom is 0.163 e. The molecular formula is C30H29Br2FO4. The van der Waals surface area contributed by atoms with Crippen LogP contribution >= 0.6 is 31.9 Å². The molecule has 1 aliphatic heterocycles. The summed E-state index contributed by atoms with van der Waals surface area (Å²) in [4.78, 5) is 27.3. The molecule has 0 spiro atoms. The second kappa shape index (κ2) is 9.49. The van der Waals surface area contributed by atoms with Crippen LogP contribution in [0, 0.1) is 16.6 Å². The minimum Gasteiger partial charge on any atom is -0.487 e. The van der Waals surface area contributed by atoms with Crippen molar-refractivity contribution in [3.05, 3.63) is 85.0 Å². The van der Waals surface area contributed by atoms with Gasteiger partial charge in [-0.25, -0.2) is 4.39 Å². The monoisotopic (exact) mass is 630 g/mol. The van der Waals surface area contributed by atoms with E-state index in [2.05, 4.69) is 59.6 Å². The van der Waals surface area contributed by atoms with Crippen LogP contribution in [0.1, 0.15) is 70.4 Å². The number of carbonyl (C=O) groups excluding carboxylic acids is 2. The summed E-state index contributed by atoms with van der Waals surface area (Å²) in [6.07, 6.45) is 1.99. The van der Waals surface area contributed by atoms with Crippen LogP contribution in [-0.4, -0.2) is 11.6 Å². The van der Waals surface area contributed by atoms with Gasteiger partial charge in [0.2, 0.25) is 0 Å². The summed E-state index contributed by atoms with van der Waals surface area (Å²) in [7, 11) is 0. The van der Waals surface area contributed by atoms with Gasteiger partial charge in [0, 0.05) is 46.9 Å². The van der Waals surface area contributed by atoms with Gasteiger partial charge in [0.05, 0.1) is 10.4 Å². The Morgan fingerprint density at radius 1 is 0.919 bits per heavy atom. The molecule has 4 nitrogen and oxygen atoms in total. The molecule has 0 fully saturated rings. The van der Waals surface area contributed by atoms with E-state index in [1.807, 2.05) is 12.1 Å². The molecular weight excluding hydrogens is 603 g/mol.